The third kappa shape index (κ3) is 2.74. The lowest BCUT2D eigenvalue weighted by molar-refractivity contribution is 0.135. The van der Waals surface area contributed by atoms with Gasteiger partial charge in [0.25, 0.3) is 0 Å². The van der Waals surface area contributed by atoms with Gasteiger partial charge in [-0.25, -0.2) is 0 Å². The Morgan fingerprint density at radius 3 is 2.75 bits per heavy atom. The van der Waals surface area contributed by atoms with Crippen LogP contribution in [0.4, 0.5) is 0 Å². The van der Waals surface area contributed by atoms with Crippen molar-refractivity contribution in [1.29, 1.82) is 0 Å². The minimum absolute atomic E-state index is 0.148. The molecule has 2 N–H and O–H groups in total. The number of para-hydroxylation sites is 1. The molecule has 1 aromatic carbocycles. The normalized spacial score (nSPS) is 24.6. The van der Waals surface area contributed by atoms with E-state index in [-0.39, 0.29) is 5.41 Å². The maximum atomic E-state index is 5.81. The minimum Gasteiger partial charge on any atom is -0.494 e. The molecule has 0 spiro atoms. The van der Waals surface area contributed by atoms with E-state index in [1.165, 1.54) is 0 Å². The molecule has 0 radical (unpaired) electrons. The molecule has 3 heteroatoms. The Labute approximate surface area is 96.5 Å². The van der Waals surface area contributed by atoms with E-state index in [0.29, 0.717) is 13.2 Å². The number of rotatable bonds is 5. The van der Waals surface area contributed by atoms with E-state index in [9.17, 15) is 0 Å². The third-order valence-corrected chi connectivity index (χ3v) is 3.26. The molecule has 2 rings (SSSR count). The molecule has 16 heavy (non-hydrogen) atoms. The van der Waals surface area contributed by atoms with Crippen molar-refractivity contribution in [3.63, 3.8) is 0 Å². The van der Waals surface area contributed by atoms with Crippen molar-refractivity contribution in [2.24, 2.45) is 11.1 Å². The van der Waals surface area contributed by atoms with Gasteiger partial charge in [0.1, 0.15) is 5.75 Å². The molecule has 1 atom stereocenters. The van der Waals surface area contributed by atoms with E-state index in [2.05, 4.69) is 0 Å². The second kappa shape index (κ2) is 5.32. The van der Waals surface area contributed by atoms with Crippen LogP contribution < -0.4 is 10.5 Å². The van der Waals surface area contributed by atoms with Crippen LogP contribution >= 0.6 is 0 Å². The molecule has 1 aliphatic heterocycles. The molecule has 0 aromatic heterocycles. The fourth-order valence-corrected chi connectivity index (χ4v) is 2.01. The van der Waals surface area contributed by atoms with Gasteiger partial charge in [-0.05, 0) is 25.0 Å². The highest BCUT2D eigenvalue weighted by atomic mass is 16.5. The van der Waals surface area contributed by atoms with E-state index >= 15 is 0 Å². The predicted octanol–water partition coefficient (Wildman–Crippen LogP) is 1.82. The lowest BCUT2D eigenvalue weighted by Crippen LogP contribution is -2.32. The quantitative estimate of drug-likeness (QED) is 0.825. The van der Waals surface area contributed by atoms with Crippen LogP contribution in [-0.4, -0.2) is 26.4 Å². The highest BCUT2D eigenvalue weighted by Gasteiger charge is 2.33. The maximum absolute atomic E-state index is 5.81. The Kier molecular flexibility index (Phi) is 3.80. The molecule has 1 fully saturated rings. The van der Waals surface area contributed by atoms with Gasteiger partial charge in [0.05, 0.1) is 13.2 Å². The first-order valence-electron chi connectivity index (χ1n) is 5.80. The van der Waals surface area contributed by atoms with Crippen molar-refractivity contribution in [1.82, 2.24) is 0 Å². The van der Waals surface area contributed by atoms with Crippen LogP contribution in [0.3, 0.4) is 0 Å². The zero-order chi connectivity index (χ0) is 11.3. The lowest BCUT2D eigenvalue weighted by atomic mass is 9.84. The first-order valence-corrected chi connectivity index (χ1v) is 5.80. The summed E-state index contributed by atoms with van der Waals surface area (Å²) >= 11 is 0. The fourth-order valence-electron chi connectivity index (χ4n) is 2.01. The van der Waals surface area contributed by atoms with Gasteiger partial charge in [-0.3, -0.25) is 0 Å². The molecule has 1 saturated heterocycles. The molecule has 1 unspecified atom stereocenters. The first kappa shape index (κ1) is 11.4. The summed E-state index contributed by atoms with van der Waals surface area (Å²) in [4.78, 5) is 0. The Morgan fingerprint density at radius 1 is 1.31 bits per heavy atom. The second-order valence-electron chi connectivity index (χ2n) is 4.42. The van der Waals surface area contributed by atoms with E-state index < -0.39 is 0 Å². The molecule has 1 aromatic rings. The van der Waals surface area contributed by atoms with E-state index in [1.807, 2.05) is 30.3 Å². The summed E-state index contributed by atoms with van der Waals surface area (Å²) in [5, 5.41) is 0. The SMILES string of the molecule is NCC1(CCOc2ccccc2)CCOC1. The first-order chi connectivity index (χ1) is 7.85. The van der Waals surface area contributed by atoms with Gasteiger partial charge in [0.2, 0.25) is 0 Å². The average Bonchev–Trinajstić information content (AvgIpc) is 2.80. The van der Waals surface area contributed by atoms with E-state index in [0.717, 1.165) is 31.8 Å². The summed E-state index contributed by atoms with van der Waals surface area (Å²) in [5.41, 5.74) is 5.96. The van der Waals surface area contributed by atoms with Crippen LogP contribution in [0.2, 0.25) is 0 Å². The van der Waals surface area contributed by atoms with Crippen molar-refractivity contribution < 1.29 is 9.47 Å². The van der Waals surface area contributed by atoms with Crippen LogP contribution in [0.1, 0.15) is 12.8 Å². The Bertz CT molecular complexity index is 307. The highest BCUT2D eigenvalue weighted by Crippen LogP contribution is 2.31. The van der Waals surface area contributed by atoms with Crippen molar-refractivity contribution in [2.75, 3.05) is 26.4 Å². The zero-order valence-electron chi connectivity index (χ0n) is 9.52. The standard InChI is InChI=1S/C13H19NO2/c14-10-13(6-8-15-11-13)7-9-16-12-4-2-1-3-5-12/h1-5H,6-11,14H2. The van der Waals surface area contributed by atoms with Gasteiger partial charge in [0.15, 0.2) is 0 Å². The summed E-state index contributed by atoms with van der Waals surface area (Å²) in [6, 6.07) is 9.89. The van der Waals surface area contributed by atoms with Crippen molar-refractivity contribution >= 4 is 0 Å². The van der Waals surface area contributed by atoms with Crippen molar-refractivity contribution in [2.45, 2.75) is 12.8 Å². The van der Waals surface area contributed by atoms with Gasteiger partial charge >= 0.3 is 0 Å². The van der Waals surface area contributed by atoms with Gasteiger partial charge in [-0.1, -0.05) is 18.2 Å². The van der Waals surface area contributed by atoms with Gasteiger partial charge in [-0.15, -0.1) is 0 Å². The topological polar surface area (TPSA) is 44.5 Å². The molecule has 0 aliphatic carbocycles. The fraction of sp³-hybridized carbons (Fsp3) is 0.538. The molecule has 3 nitrogen and oxygen atoms in total. The average molecular weight is 221 g/mol. The number of ether oxygens (including phenoxy) is 2. The molecule has 1 heterocycles. The molecule has 1 aliphatic rings. The second-order valence-corrected chi connectivity index (χ2v) is 4.42. The van der Waals surface area contributed by atoms with Crippen molar-refractivity contribution in [3.8, 4) is 5.75 Å². The number of nitrogens with two attached hydrogens (primary N) is 1. The van der Waals surface area contributed by atoms with E-state index in [4.69, 9.17) is 15.2 Å². The van der Waals surface area contributed by atoms with Crippen LogP contribution in [0.25, 0.3) is 0 Å². The highest BCUT2D eigenvalue weighted by molar-refractivity contribution is 5.20. The summed E-state index contributed by atoms with van der Waals surface area (Å²) in [6.07, 6.45) is 2.03. The summed E-state index contributed by atoms with van der Waals surface area (Å²) in [7, 11) is 0. The van der Waals surface area contributed by atoms with Gasteiger partial charge < -0.3 is 15.2 Å². The van der Waals surface area contributed by atoms with Crippen LogP contribution in [0.15, 0.2) is 30.3 Å². The monoisotopic (exact) mass is 221 g/mol. The summed E-state index contributed by atoms with van der Waals surface area (Å²) < 4.78 is 11.1. The van der Waals surface area contributed by atoms with Gasteiger partial charge in [-0.2, -0.15) is 0 Å². The van der Waals surface area contributed by atoms with Crippen LogP contribution in [0, 0.1) is 5.41 Å². The largest absolute Gasteiger partial charge is 0.494 e. The summed E-state index contributed by atoms with van der Waals surface area (Å²) in [6.45, 7) is 3.01. The number of hydrogen-bond acceptors (Lipinski definition) is 3. The van der Waals surface area contributed by atoms with Crippen molar-refractivity contribution in [3.05, 3.63) is 30.3 Å². The molecule has 88 valence electrons. The Hall–Kier alpha value is -1.06. The lowest BCUT2D eigenvalue weighted by Gasteiger charge is -2.25. The molecule has 0 amide bonds. The minimum atomic E-state index is 0.148. The number of hydrogen-bond donors (Lipinski definition) is 1. The smallest absolute Gasteiger partial charge is 0.119 e. The molecular weight excluding hydrogens is 202 g/mol. The molecule has 0 saturated carbocycles. The van der Waals surface area contributed by atoms with Crippen LogP contribution in [-0.2, 0) is 4.74 Å². The van der Waals surface area contributed by atoms with Gasteiger partial charge in [0, 0.05) is 18.6 Å². The molecule has 0 bridgehead atoms. The predicted molar refractivity (Wildman–Crippen MR) is 63.5 cm³/mol. The van der Waals surface area contributed by atoms with Crippen LogP contribution in [0.5, 0.6) is 5.75 Å². The van der Waals surface area contributed by atoms with E-state index in [1.54, 1.807) is 0 Å². The zero-order valence-corrected chi connectivity index (χ0v) is 9.52. The molecular formula is C13H19NO2. The Balaban J connectivity index is 1.79. The Morgan fingerprint density at radius 2 is 2.12 bits per heavy atom. The maximum Gasteiger partial charge on any atom is 0.119 e. The number of benzene rings is 1. The summed E-state index contributed by atoms with van der Waals surface area (Å²) in [5.74, 6) is 0.925. The third-order valence-electron chi connectivity index (χ3n) is 3.26.